The van der Waals surface area contributed by atoms with Crippen molar-refractivity contribution in [1.29, 1.82) is 0 Å². The molecule has 0 saturated heterocycles. The van der Waals surface area contributed by atoms with Crippen molar-refractivity contribution in [2.75, 3.05) is 0 Å². The summed E-state index contributed by atoms with van der Waals surface area (Å²) in [6, 6.07) is 0. The Hall–Kier alpha value is -0.920. The molecule has 0 N–H and O–H groups in total. The number of hydrogen-bond donors (Lipinski definition) is 0. The quantitative estimate of drug-likeness (QED) is 0.626. The highest BCUT2D eigenvalue weighted by molar-refractivity contribution is 5.93. The Labute approximate surface area is 92.2 Å². The molecule has 0 aliphatic carbocycles. The summed E-state index contributed by atoms with van der Waals surface area (Å²) in [4.78, 5) is 9.42. The molecular formula is C13H20N2. The zero-order chi connectivity index (χ0) is 11.1. The van der Waals surface area contributed by atoms with Gasteiger partial charge in [0.1, 0.15) is 0 Å². The highest BCUT2D eigenvalue weighted by Gasteiger charge is 2.48. The van der Waals surface area contributed by atoms with Crippen LogP contribution in [0.4, 0.5) is 0 Å². The average Bonchev–Trinajstić information content (AvgIpc) is 2.34. The third kappa shape index (κ3) is 1.56. The lowest BCUT2D eigenvalue weighted by Gasteiger charge is -2.34. The van der Waals surface area contributed by atoms with Crippen LogP contribution in [0.15, 0.2) is 22.1 Å². The molecular weight excluding hydrogens is 184 g/mol. The first-order valence-corrected chi connectivity index (χ1v) is 5.79. The highest BCUT2D eigenvalue weighted by Crippen LogP contribution is 2.47. The van der Waals surface area contributed by atoms with Crippen molar-refractivity contribution in [3.63, 3.8) is 0 Å². The standard InChI is InChI=1S/C13H20N2/c1-5-12(3)9-14-13(4)11(12)8-6-7-10(2)15-13/h6-7,9,11H,5,8H2,1-4H3/t11-,12?,13-/m1/s1. The zero-order valence-corrected chi connectivity index (χ0v) is 10.1. The molecule has 0 aromatic heterocycles. The van der Waals surface area contributed by atoms with E-state index in [9.17, 15) is 0 Å². The predicted molar refractivity (Wildman–Crippen MR) is 65.7 cm³/mol. The fourth-order valence-corrected chi connectivity index (χ4v) is 2.79. The predicted octanol–water partition coefficient (Wildman–Crippen LogP) is 3.24. The van der Waals surface area contributed by atoms with Crippen LogP contribution in [0.25, 0.3) is 0 Å². The lowest BCUT2D eigenvalue weighted by Crippen LogP contribution is -2.36. The summed E-state index contributed by atoms with van der Waals surface area (Å²) in [7, 11) is 0. The molecule has 0 fully saturated rings. The monoisotopic (exact) mass is 204 g/mol. The van der Waals surface area contributed by atoms with Gasteiger partial charge in [-0.15, -0.1) is 0 Å². The molecule has 2 aliphatic heterocycles. The number of aliphatic imine (C=N–C) groups is 2. The summed E-state index contributed by atoms with van der Waals surface area (Å²) in [5.41, 5.74) is 1.09. The Balaban J connectivity index is 2.42. The van der Waals surface area contributed by atoms with Crippen molar-refractivity contribution in [3.8, 4) is 0 Å². The normalized spacial score (nSPS) is 43.7. The summed E-state index contributed by atoms with van der Waals surface area (Å²) in [5.74, 6) is 0.517. The lowest BCUT2D eigenvalue weighted by molar-refractivity contribution is 0.206. The molecule has 3 atom stereocenters. The average molecular weight is 204 g/mol. The molecule has 2 nitrogen and oxygen atoms in total. The van der Waals surface area contributed by atoms with E-state index in [1.807, 2.05) is 0 Å². The van der Waals surface area contributed by atoms with Crippen molar-refractivity contribution < 1.29 is 0 Å². The van der Waals surface area contributed by atoms with Gasteiger partial charge < -0.3 is 0 Å². The Morgan fingerprint density at radius 2 is 2.20 bits per heavy atom. The van der Waals surface area contributed by atoms with Gasteiger partial charge in [-0.3, -0.25) is 9.98 Å². The minimum Gasteiger partial charge on any atom is -0.267 e. The molecule has 0 aromatic rings. The van der Waals surface area contributed by atoms with Crippen LogP contribution in [-0.4, -0.2) is 17.6 Å². The maximum Gasteiger partial charge on any atom is 0.151 e. The molecule has 2 aliphatic rings. The van der Waals surface area contributed by atoms with E-state index in [4.69, 9.17) is 4.99 Å². The third-order valence-corrected chi connectivity index (χ3v) is 3.97. The van der Waals surface area contributed by atoms with Crippen LogP contribution >= 0.6 is 0 Å². The molecule has 0 spiro atoms. The summed E-state index contributed by atoms with van der Waals surface area (Å²) in [6.07, 6.45) is 8.72. The highest BCUT2D eigenvalue weighted by atomic mass is 15.1. The maximum atomic E-state index is 4.75. The lowest BCUT2D eigenvalue weighted by atomic mass is 9.71. The second-order valence-electron chi connectivity index (χ2n) is 5.16. The SMILES string of the molecule is CCC1(C)C=N[C@]2(C)N=C(C)C=CC[C@H]12. The fourth-order valence-electron chi connectivity index (χ4n) is 2.79. The summed E-state index contributed by atoms with van der Waals surface area (Å²) >= 11 is 0. The zero-order valence-electron chi connectivity index (χ0n) is 10.1. The van der Waals surface area contributed by atoms with Crippen molar-refractivity contribution in [2.45, 2.75) is 46.2 Å². The van der Waals surface area contributed by atoms with E-state index < -0.39 is 0 Å². The van der Waals surface area contributed by atoms with Gasteiger partial charge in [0.25, 0.3) is 0 Å². The van der Waals surface area contributed by atoms with E-state index in [-0.39, 0.29) is 11.1 Å². The minimum atomic E-state index is -0.224. The first kappa shape index (κ1) is 10.6. The first-order chi connectivity index (χ1) is 7.00. The third-order valence-electron chi connectivity index (χ3n) is 3.97. The Morgan fingerprint density at radius 1 is 1.47 bits per heavy atom. The second-order valence-corrected chi connectivity index (χ2v) is 5.16. The molecule has 0 bridgehead atoms. The number of nitrogens with zero attached hydrogens (tertiary/aromatic N) is 2. The van der Waals surface area contributed by atoms with Gasteiger partial charge in [-0.1, -0.05) is 19.9 Å². The minimum absolute atomic E-state index is 0.215. The number of hydrogen-bond acceptors (Lipinski definition) is 2. The van der Waals surface area contributed by atoms with Crippen molar-refractivity contribution in [1.82, 2.24) is 0 Å². The van der Waals surface area contributed by atoms with Crippen molar-refractivity contribution in [2.24, 2.45) is 21.3 Å². The van der Waals surface area contributed by atoms with E-state index in [0.29, 0.717) is 5.92 Å². The number of allylic oxidation sites excluding steroid dienone is 2. The van der Waals surface area contributed by atoms with Gasteiger partial charge in [0.05, 0.1) is 0 Å². The first-order valence-electron chi connectivity index (χ1n) is 5.79. The molecule has 82 valence electrons. The van der Waals surface area contributed by atoms with Crippen LogP contribution < -0.4 is 0 Å². The van der Waals surface area contributed by atoms with Gasteiger partial charge in [0.15, 0.2) is 5.66 Å². The molecule has 2 heterocycles. The molecule has 0 aromatic carbocycles. The molecule has 0 radical (unpaired) electrons. The van der Waals surface area contributed by atoms with Crippen LogP contribution in [-0.2, 0) is 0 Å². The van der Waals surface area contributed by atoms with Crippen LogP contribution in [0.5, 0.6) is 0 Å². The maximum absolute atomic E-state index is 4.75. The molecule has 1 unspecified atom stereocenters. The molecule has 15 heavy (non-hydrogen) atoms. The van der Waals surface area contributed by atoms with Gasteiger partial charge >= 0.3 is 0 Å². The smallest absolute Gasteiger partial charge is 0.151 e. The van der Waals surface area contributed by atoms with Gasteiger partial charge in [-0.2, -0.15) is 0 Å². The number of rotatable bonds is 1. The molecule has 0 saturated carbocycles. The van der Waals surface area contributed by atoms with Crippen LogP contribution in [0, 0.1) is 11.3 Å². The Kier molecular flexibility index (Phi) is 2.32. The van der Waals surface area contributed by atoms with Gasteiger partial charge in [0.2, 0.25) is 0 Å². The molecule has 2 heteroatoms. The van der Waals surface area contributed by atoms with Gasteiger partial charge in [-0.25, -0.2) is 0 Å². The van der Waals surface area contributed by atoms with E-state index in [1.165, 1.54) is 0 Å². The van der Waals surface area contributed by atoms with Crippen LogP contribution in [0.2, 0.25) is 0 Å². The Bertz CT molecular complexity index is 354. The number of fused-ring (bicyclic) bond motifs is 1. The van der Waals surface area contributed by atoms with Gasteiger partial charge in [0, 0.05) is 23.3 Å². The fraction of sp³-hybridized carbons (Fsp3) is 0.692. The summed E-state index contributed by atoms with van der Waals surface area (Å²) < 4.78 is 0. The largest absolute Gasteiger partial charge is 0.267 e. The van der Waals surface area contributed by atoms with E-state index in [1.54, 1.807) is 0 Å². The van der Waals surface area contributed by atoms with Crippen molar-refractivity contribution >= 4 is 11.9 Å². The molecule has 2 rings (SSSR count). The summed E-state index contributed by atoms with van der Waals surface area (Å²) in [5, 5.41) is 0. The van der Waals surface area contributed by atoms with Crippen LogP contribution in [0.1, 0.15) is 40.5 Å². The summed E-state index contributed by atoms with van der Waals surface area (Å²) in [6.45, 7) is 8.76. The second kappa shape index (κ2) is 3.29. The van der Waals surface area contributed by atoms with E-state index >= 15 is 0 Å². The molecule has 0 amide bonds. The topological polar surface area (TPSA) is 24.7 Å². The van der Waals surface area contributed by atoms with E-state index in [0.717, 1.165) is 18.6 Å². The van der Waals surface area contributed by atoms with E-state index in [2.05, 4.69) is 51.1 Å². The van der Waals surface area contributed by atoms with Gasteiger partial charge in [-0.05, 0) is 32.8 Å². The van der Waals surface area contributed by atoms with Crippen LogP contribution in [0.3, 0.4) is 0 Å². The van der Waals surface area contributed by atoms with Crippen molar-refractivity contribution in [3.05, 3.63) is 12.2 Å². The Morgan fingerprint density at radius 3 is 2.87 bits per heavy atom.